The second kappa shape index (κ2) is 8.38. The molecule has 0 atom stereocenters. The molecule has 0 N–H and O–H groups in total. The first-order valence-corrected chi connectivity index (χ1v) is 10.3. The van der Waals surface area contributed by atoms with E-state index in [2.05, 4.69) is 72.8 Å². The van der Waals surface area contributed by atoms with E-state index in [1.54, 1.807) is 0 Å². The molecule has 0 bridgehead atoms. The Morgan fingerprint density at radius 3 is 2.61 bits per heavy atom. The standard InChI is InChI=1S/C24H30N2O2/c1-18-8-6-12-23(19(18)2)28-24-21(10-7-13-26-14-16-27-17-15-26)20-9-4-5-11-22(20)25(24)3/h4-6,8-9,11-12H,7,10,13-17H2,1-3H3. The molecule has 1 fully saturated rings. The molecule has 4 rings (SSSR count). The summed E-state index contributed by atoms with van der Waals surface area (Å²) in [6, 6.07) is 14.9. The van der Waals surface area contributed by atoms with E-state index in [4.69, 9.17) is 9.47 Å². The Hall–Kier alpha value is -2.30. The summed E-state index contributed by atoms with van der Waals surface area (Å²) in [5.41, 5.74) is 4.99. The lowest BCUT2D eigenvalue weighted by molar-refractivity contribution is 0.0374. The molecule has 148 valence electrons. The van der Waals surface area contributed by atoms with Crippen LogP contribution in [-0.2, 0) is 18.2 Å². The van der Waals surface area contributed by atoms with E-state index in [1.807, 2.05) is 0 Å². The van der Waals surface area contributed by atoms with Gasteiger partial charge in [0.05, 0.1) is 18.7 Å². The Morgan fingerprint density at radius 1 is 1.00 bits per heavy atom. The fraction of sp³-hybridized carbons (Fsp3) is 0.417. The summed E-state index contributed by atoms with van der Waals surface area (Å²) in [7, 11) is 2.11. The summed E-state index contributed by atoms with van der Waals surface area (Å²) >= 11 is 0. The zero-order valence-corrected chi connectivity index (χ0v) is 17.2. The van der Waals surface area contributed by atoms with Crippen LogP contribution in [0.15, 0.2) is 42.5 Å². The molecule has 28 heavy (non-hydrogen) atoms. The van der Waals surface area contributed by atoms with E-state index in [-0.39, 0.29) is 0 Å². The van der Waals surface area contributed by atoms with Crippen molar-refractivity contribution in [3.05, 3.63) is 59.2 Å². The topological polar surface area (TPSA) is 26.6 Å². The van der Waals surface area contributed by atoms with Crippen LogP contribution in [-0.4, -0.2) is 42.3 Å². The maximum Gasteiger partial charge on any atom is 0.204 e. The highest BCUT2D eigenvalue weighted by molar-refractivity contribution is 5.87. The number of hydrogen-bond donors (Lipinski definition) is 0. The van der Waals surface area contributed by atoms with E-state index in [0.29, 0.717) is 0 Å². The summed E-state index contributed by atoms with van der Waals surface area (Å²) < 4.78 is 14.2. The minimum Gasteiger partial charge on any atom is -0.440 e. The van der Waals surface area contributed by atoms with Crippen LogP contribution in [0.1, 0.15) is 23.1 Å². The van der Waals surface area contributed by atoms with Gasteiger partial charge in [-0.05, 0) is 56.5 Å². The first-order valence-electron chi connectivity index (χ1n) is 10.3. The largest absolute Gasteiger partial charge is 0.440 e. The molecular formula is C24H30N2O2. The van der Waals surface area contributed by atoms with Gasteiger partial charge in [0.25, 0.3) is 0 Å². The summed E-state index contributed by atoms with van der Waals surface area (Å²) in [5.74, 6) is 1.91. The Balaban J connectivity index is 1.62. The number of aryl methyl sites for hydroxylation is 3. The average molecular weight is 379 g/mol. The van der Waals surface area contributed by atoms with Gasteiger partial charge in [-0.25, -0.2) is 0 Å². The highest BCUT2D eigenvalue weighted by Crippen LogP contribution is 2.36. The Kier molecular flexibility index (Phi) is 5.69. The normalized spacial score (nSPS) is 15.2. The van der Waals surface area contributed by atoms with Gasteiger partial charge in [0, 0.05) is 31.1 Å². The van der Waals surface area contributed by atoms with Crippen LogP contribution in [0.3, 0.4) is 0 Å². The number of aromatic nitrogens is 1. The SMILES string of the molecule is Cc1cccc(Oc2c(CCCN3CCOCC3)c3ccccc3n2C)c1C. The molecule has 2 aromatic carbocycles. The van der Waals surface area contributed by atoms with Gasteiger partial charge in [0.15, 0.2) is 0 Å². The van der Waals surface area contributed by atoms with Crippen LogP contribution >= 0.6 is 0 Å². The Bertz CT molecular complexity index is 955. The molecule has 0 saturated carbocycles. The molecular weight excluding hydrogens is 348 g/mol. The number of nitrogens with zero attached hydrogens (tertiary/aromatic N) is 2. The summed E-state index contributed by atoms with van der Waals surface area (Å²) in [4.78, 5) is 2.50. The molecule has 1 saturated heterocycles. The second-order valence-electron chi connectivity index (χ2n) is 7.72. The molecule has 0 radical (unpaired) electrons. The van der Waals surface area contributed by atoms with Crippen molar-refractivity contribution in [3.63, 3.8) is 0 Å². The van der Waals surface area contributed by atoms with Gasteiger partial charge >= 0.3 is 0 Å². The van der Waals surface area contributed by atoms with Gasteiger partial charge < -0.3 is 14.0 Å². The van der Waals surface area contributed by atoms with Gasteiger partial charge in [0.1, 0.15) is 5.75 Å². The zero-order valence-electron chi connectivity index (χ0n) is 17.2. The van der Waals surface area contributed by atoms with Crippen molar-refractivity contribution in [1.82, 2.24) is 9.47 Å². The van der Waals surface area contributed by atoms with Crippen molar-refractivity contribution in [2.24, 2.45) is 7.05 Å². The smallest absolute Gasteiger partial charge is 0.204 e. The van der Waals surface area contributed by atoms with Crippen LogP contribution in [0.5, 0.6) is 11.6 Å². The summed E-state index contributed by atoms with van der Waals surface area (Å²) in [6.07, 6.45) is 2.13. The predicted molar refractivity (Wildman–Crippen MR) is 114 cm³/mol. The third-order valence-electron chi connectivity index (χ3n) is 5.92. The number of hydrogen-bond acceptors (Lipinski definition) is 3. The van der Waals surface area contributed by atoms with E-state index in [0.717, 1.165) is 57.3 Å². The van der Waals surface area contributed by atoms with Crippen molar-refractivity contribution in [1.29, 1.82) is 0 Å². The Labute approximate surface area is 167 Å². The van der Waals surface area contributed by atoms with Crippen LogP contribution in [0.2, 0.25) is 0 Å². The fourth-order valence-electron chi connectivity index (χ4n) is 4.06. The molecule has 2 heterocycles. The van der Waals surface area contributed by atoms with Crippen molar-refractivity contribution in [2.45, 2.75) is 26.7 Å². The highest BCUT2D eigenvalue weighted by atomic mass is 16.5. The lowest BCUT2D eigenvalue weighted by atomic mass is 10.1. The molecule has 0 spiro atoms. The van der Waals surface area contributed by atoms with Crippen molar-refractivity contribution >= 4 is 10.9 Å². The van der Waals surface area contributed by atoms with E-state index < -0.39 is 0 Å². The number of para-hydroxylation sites is 1. The van der Waals surface area contributed by atoms with Crippen LogP contribution < -0.4 is 4.74 Å². The first kappa shape index (κ1) is 19.0. The number of ether oxygens (including phenoxy) is 2. The lowest BCUT2D eigenvalue weighted by Gasteiger charge is -2.26. The molecule has 1 aromatic heterocycles. The minimum atomic E-state index is 0.856. The van der Waals surface area contributed by atoms with Crippen LogP contribution in [0, 0.1) is 13.8 Å². The van der Waals surface area contributed by atoms with Crippen LogP contribution in [0.25, 0.3) is 10.9 Å². The van der Waals surface area contributed by atoms with E-state index in [9.17, 15) is 0 Å². The molecule has 4 nitrogen and oxygen atoms in total. The number of benzene rings is 2. The van der Waals surface area contributed by atoms with E-state index in [1.165, 1.54) is 27.6 Å². The molecule has 1 aliphatic rings. The van der Waals surface area contributed by atoms with Crippen molar-refractivity contribution in [3.8, 4) is 11.6 Å². The van der Waals surface area contributed by atoms with Crippen molar-refractivity contribution in [2.75, 3.05) is 32.8 Å². The predicted octanol–water partition coefficient (Wildman–Crippen LogP) is 4.85. The zero-order chi connectivity index (χ0) is 19.5. The third kappa shape index (κ3) is 3.80. The molecule has 0 unspecified atom stereocenters. The van der Waals surface area contributed by atoms with Gasteiger partial charge in [-0.2, -0.15) is 0 Å². The van der Waals surface area contributed by atoms with Crippen molar-refractivity contribution < 1.29 is 9.47 Å². The maximum atomic E-state index is 6.51. The Morgan fingerprint density at radius 2 is 1.79 bits per heavy atom. The quantitative estimate of drug-likeness (QED) is 0.613. The molecule has 4 heteroatoms. The van der Waals surface area contributed by atoms with Gasteiger partial charge in [-0.1, -0.05) is 30.3 Å². The second-order valence-corrected chi connectivity index (χ2v) is 7.72. The lowest BCUT2D eigenvalue weighted by Crippen LogP contribution is -2.36. The molecule has 0 amide bonds. The summed E-state index contributed by atoms with van der Waals surface area (Å²) in [5, 5.41) is 1.30. The molecule has 1 aliphatic heterocycles. The highest BCUT2D eigenvalue weighted by Gasteiger charge is 2.18. The number of fused-ring (bicyclic) bond motifs is 1. The monoisotopic (exact) mass is 378 g/mol. The van der Waals surface area contributed by atoms with E-state index >= 15 is 0 Å². The fourth-order valence-corrected chi connectivity index (χ4v) is 4.06. The number of morpholine rings is 1. The molecule has 3 aromatic rings. The number of rotatable bonds is 6. The first-order chi connectivity index (χ1) is 13.6. The average Bonchev–Trinajstić information content (AvgIpc) is 2.98. The maximum absolute atomic E-state index is 6.51. The van der Waals surface area contributed by atoms with Gasteiger partial charge in [-0.3, -0.25) is 4.90 Å². The van der Waals surface area contributed by atoms with Gasteiger partial charge in [-0.15, -0.1) is 0 Å². The molecule has 0 aliphatic carbocycles. The van der Waals surface area contributed by atoms with Gasteiger partial charge in [0.2, 0.25) is 5.88 Å². The van der Waals surface area contributed by atoms with Crippen LogP contribution in [0.4, 0.5) is 0 Å². The minimum absolute atomic E-state index is 0.856. The summed E-state index contributed by atoms with van der Waals surface area (Å²) in [6.45, 7) is 9.17. The third-order valence-corrected chi connectivity index (χ3v) is 5.92.